The third-order valence-corrected chi connectivity index (χ3v) is 2.97. The van der Waals surface area contributed by atoms with E-state index < -0.39 is 0 Å². The lowest BCUT2D eigenvalue weighted by atomic mass is 10.5. The van der Waals surface area contributed by atoms with Crippen molar-refractivity contribution >= 4 is 29.1 Å². The summed E-state index contributed by atoms with van der Waals surface area (Å²) in [6.45, 7) is 0.882. The highest BCUT2D eigenvalue weighted by molar-refractivity contribution is 7.99. The van der Waals surface area contributed by atoms with Gasteiger partial charge in [0.05, 0.1) is 6.20 Å². The van der Waals surface area contributed by atoms with Crippen LogP contribution in [-0.2, 0) is 0 Å². The van der Waals surface area contributed by atoms with E-state index in [1.165, 1.54) is 0 Å². The molecule has 0 radical (unpaired) electrons. The molecule has 1 aromatic rings. The Morgan fingerprint density at radius 2 is 2.40 bits per heavy atom. The predicted molar refractivity (Wildman–Crippen MR) is 67.0 cm³/mol. The van der Waals surface area contributed by atoms with Gasteiger partial charge in [-0.3, -0.25) is 4.98 Å². The van der Waals surface area contributed by atoms with Crippen molar-refractivity contribution in [2.24, 2.45) is 0 Å². The Morgan fingerprint density at radius 1 is 1.53 bits per heavy atom. The lowest BCUT2D eigenvalue weighted by molar-refractivity contribution is 0.834. The third kappa shape index (κ3) is 5.54. The van der Waals surface area contributed by atoms with Crippen LogP contribution in [0.15, 0.2) is 23.6 Å². The Morgan fingerprint density at radius 3 is 3.07 bits per heavy atom. The first-order valence-electron chi connectivity index (χ1n) is 4.67. The SMILES string of the molecule is CNC(=S)NCCCSc1cnccn1. The highest BCUT2D eigenvalue weighted by Gasteiger charge is 1.95. The first kappa shape index (κ1) is 12.2. The number of hydrogen-bond acceptors (Lipinski definition) is 4. The van der Waals surface area contributed by atoms with Crippen LogP contribution in [0.1, 0.15) is 6.42 Å². The minimum atomic E-state index is 0.694. The molecule has 0 fully saturated rings. The van der Waals surface area contributed by atoms with Gasteiger partial charge in [-0.25, -0.2) is 4.98 Å². The molecule has 0 aliphatic rings. The van der Waals surface area contributed by atoms with Crippen molar-refractivity contribution in [3.05, 3.63) is 18.6 Å². The average Bonchev–Trinajstić information content (AvgIpc) is 2.29. The summed E-state index contributed by atoms with van der Waals surface area (Å²) >= 11 is 6.65. The first-order chi connectivity index (χ1) is 7.33. The Labute approximate surface area is 99.3 Å². The highest BCUT2D eigenvalue weighted by Crippen LogP contribution is 2.13. The lowest BCUT2D eigenvalue weighted by Crippen LogP contribution is -2.33. The molecular formula is C9H14N4S2. The minimum Gasteiger partial charge on any atom is -0.366 e. The van der Waals surface area contributed by atoms with Gasteiger partial charge in [0.15, 0.2) is 5.11 Å². The fourth-order valence-corrected chi connectivity index (χ4v) is 1.77. The second kappa shape index (κ2) is 7.42. The van der Waals surface area contributed by atoms with E-state index in [1.807, 2.05) is 7.05 Å². The first-order valence-corrected chi connectivity index (χ1v) is 6.06. The van der Waals surface area contributed by atoms with Crippen LogP contribution in [0.25, 0.3) is 0 Å². The molecule has 0 aromatic carbocycles. The zero-order valence-electron chi connectivity index (χ0n) is 8.56. The maximum Gasteiger partial charge on any atom is 0.166 e. The zero-order valence-corrected chi connectivity index (χ0v) is 10.2. The van der Waals surface area contributed by atoms with Gasteiger partial charge in [0, 0.05) is 31.7 Å². The molecule has 1 rings (SSSR count). The summed E-state index contributed by atoms with van der Waals surface area (Å²) < 4.78 is 0. The van der Waals surface area contributed by atoms with Gasteiger partial charge in [0.1, 0.15) is 5.03 Å². The molecule has 0 saturated carbocycles. The van der Waals surface area contributed by atoms with Crippen LogP contribution in [0.4, 0.5) is 0 Å². The molecule has 0 saturated heterocycles. The van der Waals surface area contributed by atoms with Crippen molar-refractivity contribution in [3.8, 4) is 0 Å². The number of nitrogens with one attached hydrogen (secondary N) is 2. The molecule has 0 aliphatic heterocycles. The minimum absolute atomic E-state index is 0.694. The highest BCUT2D eigenvalue weighted by atomic mass is 32.2. The van der Waals surface area contributed by atoms with Crippen molar-refractivity contribution in [2.45, 2.75) is 11.4 Å². The number of nitrogens with zero attached hydrogens (tertiary/aromatic N) is 2. The standard InChI is InChI=1S/C9H14N4S2/c1-10-9(14)13-3-2-6-15-8-7-11-4-5-12-8/h4-5,7H,2-3,6H2,1H3,(H2,10,13,14). The van der Waals surface area contributed by atoms with E-state index in [0.29, 0.717) is 5.11 Å². The molecule has 0 bridgehead atoms. The predicted octanol–water partition coefficient (Wildman–Crippen LogP) is 1.05. The van der Waals surface area contributed by atoms with Crippen LogP contribution in [0.2, 0.25) is 0 Å². The summed E-state index contributed by atoms with van der Waals surface area (Å²) in [5.41, 5.74) is 0. The Bertz CT molecular complexity index is 291. The third-order valence-electron chi connectivity index (χ3n) is 1.62. The normalized spacial score (nSPS) is 9.67. The van der Waals surface area contributed by atoms with Gasteiger partial charge < -0.3 is 10.6 Å². The van der Waals surface area contributed by atoms with E-state index in [9.17, 15) is 0 Å². The second-order valence-corrected chi connectivity index (χ2v) is 4.28. The van der Waals surface area contributed by atoms with E-state index in [2.05, 4.69) is 20.6 Å². The van der Waals surface area contributed by atoms with Crippen molar-refractivity contribution < 1.29 is 0 Å². The van der Waals surface area contributed by atoms with Crippen molar-refractivity contribution in [3.63, 3.8) is 0 Å². The van der Waals surface area contributed by atoms with Gasteiger partial charge in [0.2, 0.25) is 0 Å². The summed E-state index contributed by atoms with van der Waals surface area (Å²) in [5.74, 6) is 1.01. The van der Waals surface area contributed by atoms with Crippen molar-refractivity contribution in [2.75, 3.05) is 19.3 Å². The van der Waals surface area contributed by atoms with Crippen LogP contribution in [0, 0.1) is 0 Å². The van der Waals surface area contributed by atoms with Crippen LogP contribution < -0.4 is 10.6 Å². The van der Waals surface area contributed by atoms with Crippen molar-refractivity contribution in [1.82, 2.24) is 20.6 Å². The maximum atomic E-state index is 4.95. The van der Waals surface area contributed by atoms with Gasteiger partial charge in [-0.1, -0.05) is 0 Å². The number of thiocarbonyl (C=S) groups is 1. The molecule has 0 aliphatic carbocycles. The van der Waals surface area contributed by atoms with Crippen molar-refractivity contribution in [1.29, 1.82) is 0 Å². The fraction of sp³-hybridized carbons (Fsp3) is 0.444. The molecule has 4 nitrogen and oxygen atoms in total. The topological polar surface area (TPSA) is 49.8 Å². The Kier molecular flexibility index (Phi) is 6.03. The molecule has 0 atom stereocenters. The van der Waals surface area contributed by atoms with Gasteiger partial charge >= 0.3 is 0 Å². The number of hydrogen-bond donors (Lipinski definition) is 2. The molecule has 2 N–H and O–H groups in total. The summed E-state index contributed by atoms with van der Waals surface area (Å²) in [4.78, 5) is 8.16. The van der Waals surface area contributed by atoms with Crippen LogP contribution in [0.3, 0.4) is 0 Å². The van der Waals surface area contributed by atoms with E-state index in [1.54, 1.807) is 30.4 Å². The quantitative estimate of drug-likeness (QED) is 0.457. The Balaban J connectivity index is 2.05. The molecule has 0 spiro atoms. The number of aromatic nitrogens is 2. The second-order valence-electron chi connectivity index (χ2n) is 2.75. The zero-order chi connectivity index (χ0) is 10.9. The maximum absolute atomic E-state index is 4.95. The molecule has 0 amide bonds. The smallest absolute Gasteiger partial charge is 0.166 e. The summed E-state index contributed by atoms with van der Waals surface area (Å²) in [5, 5.41) is 7.61. The summed E-state index contributed by atoms with van der Waals surface area (Å²) in [7, 11) is 1.81. The van der Waals surface area contributed by atoms with Gasteiger partial charge in [0.25, 0.3) is 0 Å². The molecule has 1 aromatic heterocycles. The molecule has 6 heteroatoms. The van der Waals surface area contributed by atoms with Gasteiger partial charge in [-0.05, 0) is 18.6 Å². The van der Waals surface area contributed by atoms with Crippen LogP contribution in [0.5, 0.6) is 0 Å². The van der Waals surface area contributed by atoms with Crippen LogP contribution in [-0.4, -0.2) is 34.4 Å². The van der Waals surface area contributed by atoms with E-state index in [4.69, 9.17) is 12.2 Å². The van der Waals surface area contributed by atoms with E-state index in [-0.39, 0.29) is 0 Å². The van der Waals surface area contributed by atoms with Crippen LogP contribution >= 0.6 is 24.0 Å². The van der Waals surface area contributed by atoms with E-state index in [0.717, 1.165) is 23.7 Å². The molecule has 15 heavy (non-hydrogen) atoms. The number of thioether (sulfide) groups is 1. The summed E-state index contributed by atoms with van der Waals surface area (Å²) in [6, 6.07) is 0. The Hall–Kier alpha value is -0.880. The number of rotatable bonds is 5. The van der Waals surface area contributed by atoms with Gasteiger partial charge in [-0.2, -0.15) is 0 Å². The monoisotopic (exact) mass is 242 g/mol. The average molecular weight is 242 g/mol. The van der Waals surface area contributed by atoms with E-state index >= 15 is 0 Å². The van der Waals surface area contributed by atoms with Gasteiger partial charge in [-0.15, -0.1) is 11.8 Å². The molecule has 0 unspecified atom stereocenters. The molecule has 82 valence electrons. The molecule has 1 heterocycles. The molecular weight excluding hydrogens is 228 g/mol. The largest absolute Gasteiger partial charge is 0.366 e. The summed E-state index contributed by atoms with van der Waals surface area (Å²) in [6.07, 6.45) is 6.20. The lowest BCUT2D eigenvalue weighted by Gasteiger charge is -2.05. The fourth-order valence-electron chi connectivity index (χ4n) is 0.899.